The molecule has 0 bridgehead atoms. The van der Waals surface area contributed by atoms with Crippen molar-refractivity contribution in [3.63, 3.8) is 0 Å². The van der Waals surface area contributed by atoms with Crippen LogP contribution in [-0.4, -0.2) is 150 Å². The molecule has 10 N–H and O–H groups in total. The normalized spacial score (nSPS) is 50.9. The third-order valence-electron chi connectivity index (χ3n) is 7.00. The molecule has 1 aliphatic carbocycles. The lowest BCUT2D eigenvalue weighted by atomic mass is 9.82. The molecule has 0 saturated carbocycles. The van der Waals surface area contributed by atoms with Gasteiger partial charge in [-0.15, -0.1) is 0 Å². The smallest absolute Gasteiger partial charge is 0.211 e. The van der Waals surface area contributed by atoms with Crippen molar-refractivity contribution in [2.24, 2.45) is 5.92 Å². The summed E-state index contributed by atoms with van der Waals surface area (Å²) in [5, 5.41) is 101. The summed E-state index contributed by atoms with van der Waals surface area (Å²) < 4.78 is 27.9. The molecule has 0 spiro atoms. The predicted octanol–water partition coefficient (Wildman–Crippen LogP) is -5.86. The molecule has 0 radical (unpaired) electrons. The van der Waals surface area contributed by atoms with Crippen LogP contribution in [0.4, 0.5) is 0 Å². The van der Waals surface area contributed by atoms with Crippen molar-refractivity contribution < 1.29 is 74.7 Å². The third kappa shape index (κ3) is 4.59. The van der Waals surface area contributed by atoms with Crippen LogP contribution in [0.2, 0.25) is 0 Å². The van der Waals surface area contributed by atoms with Gasteiger partial charge in [0.1, 0.15) is 60.5 Å². The van der Waals surface area contributed by atoms with Crippen molar-refractivity contribution >= 4 is 0 Å². The second kappa shape index (κ2) is 10.8. The monoisotopic (exact) mass is 524 g/mol. The van der Waals surface area contributed by atoms with Gasteiger partial charge < -0.3 is 74.7 Å². The topological polar surface area (TPSA) is 248 Å². The first-order valence-electron chi connectivity index (χ1n) is 11.4. The van der Waals surface area contributed by atoms with E-state index in [1.165, 1.54) is 12.2 Å². The number of aliphatic hydroxyl groups is 10. The standard InChI is InChI=1S/C21H32O15/c22-4-7-3-10(25)21(36-20-17(31)15(29)13(27)9(6-24)34-20)1-2-32-18(11(7)21)35-19-16(30)14(28)12(26)8(5-23)33-19/h1-3,8-20,22-31H,4-6H2/t8-,9-,10-,11+,12-,13-,14-,15+,16+,17+,18-,19+,20+,21+/m1/s1. The molecule has 0 aromatic rings. The molecule has 0 aromatic carbocycles. The van der Waals surface area contributed by atoms with Crippen molar-refractivity contribution in [2.75, 3.05) is 19.8 Å². The van der Waals surface area contributed by atoms with Crippen LogP contribution in [0, 0.1) is 5.92 Å². The van der Waals surface area contributed by atoms with Crippen LogP contribution in [0.15, 0.2) is 24.0 Å². The number of aliphatic hydroxyl groups excluding tert-OH is 10. The zero-order chi connectivity index (χ0) is 26.4. The molecule has 4 rings (SSSR count). The van der Waals surface area contributed by atoms with E-state index in [9.17, 15) is 51.1 Å². The maximum Gasteiger partial charge on any atom is 0.211 e. The van der Waals surface area contributed by atoms with E-state index >= 15 is 0 Å². The molecule has 15 heteroatoms. The maximum atomic E-state index is 10.9. The molecule has 2 saturated heterocycles. The Bertz CT molecular complexity index is 819. The average molecular weight is 524 g/mol. The molecule has 0 amide bonds. The van der Waals surface area contributed by atoms with Crippen LogP contribution in [-0.2, 0) is 23.7 Å². The van der Waals surface area contributed by atoms with Crippen molar-refractivity contribution in [2.45, 2.75) is 79.4 Å². The predicted molar refractivity (Wildman–Crippen MR) is 111 cm³/mol. The van der Waals surface area contributed by atoms with Crippen molar-refractivity contribution in [1.82, 2.24) is 0 Å². The molecular formula is C21H32O15. The Balaban J connectivity index is 1.60. The van der Waals surface area contributed by atoms with Gasteiger partial charge in [0.2, 0.25) is 6.29 Å². The Kier molecular flexibility index (Phi) is 8.35. The quantitative estimate of drug-likeness (QED) is 0.139. The van der Waals surface area contributed by atoms with E-state index in [1.54, 1.807) is 0 Å². The second-order valence-corrected chi connectivity index (χ2v) is 9.13. The molecular weight excluding hydrogens is 492 g/mol. The summed E-state index contributed by atoms with van der Waals surface area (Å²) >= 11 is 0. The van der Waals surface area contributed by atoms with Crippen LogP contribution in [0.1, 0.15) is 0 Å². The fraction of sp³-hybridized carbons (Fsp3) is 0.810. The maximum absolute atomic E-state index is 10.9. The van der Waals surface area contributed by atoms with Gasteiger partial charge in [0.05, 0.1) is 32.0 Å². The van der Waals surface area contributed by atoms with Crippen LogP contribution >= 0.6 is 0 Å². The Morgan fingerprint density at radius 3 is 1.83 bits per heavy atom. The van der Waals surface area contributed by atoms with Crippen molar-refractivity contribution in [3.05, 3.63) is 24.0 Å². The first kappa shape index (κ1) is 27.7. The van der Waals surface area contributed by atoms with Gasteiger partial charge in [-0.3, -0.25) is 0 Å². The van der Waals surface area contributed by atoms with E-state index in [-0.39, 0.29) is 5.57 Å². The van der Waals surface area contributed by atoms with E-state index in [0.717, 1.165) is 6.26 Å². The van der Waals surface area contributed by atoms with Gasteiger partial charge >= 0.3 is 0 Å². The van der Waals surface area contributed by atoms with E-state index < -0.39 is 105 Å². The zero-order valence-electron chi connectivity index (χ0n) is 18.9. The number of hydrogen-bond donors (Lipinski definition) is 10. The molecule has 4 aliphatic rings. The average Bonchev–Trinajstić information content (AvgIpc) is 3.16. The number of rotatable bonds is 7. The first-order valence-corrected chi connectivity index (χ1v) is 11.4. The first-order chi connectivity index (χ1) is 17.1. The van der Waals surface area contributed by atoms with Crippen LogP contribution in [0.25, 0.3) is 0 Å². The Labute approximate surface area is 204 Å². The van der Waals surface area contributed by atoms with Crippen molar-refractivity contribution in [3.8, 4) is 0 Å². The van der Waals surface area contributed by atoms with E-state index in [2.05, 4.69) is 0 Å². The lowest BCUT2D eigenvalue weighted by Gasteiger charge is -2.48. The number of fused-ring (bicyclic) bond motifs is 1. The minimum atomic E-state index is -1.83. The summed E-state index contributed by atoms with van der Waals surface area (Å²) in [4.78, 5) is 0. The SMILES string of the molecule is OCC1=C[C@@H](O)[C@@]2(O[C@@H]3O[C@H](CO)[C@@H](O)[C@H](O)[C@@H]3O)C=CO[C@H](O[C@@H]3O[C@H](CO)[C@@H](O)[C@@H](O)[C@@H]3O)[C@H]12. The highest BCUT2D eigenvalue weighted by Crippen LogP contribution is 2.47. The zero-order valence-corrected chi connectivity index (χ0v) is 18.9. The van der Waals surface area contributed by atoms with Gasteiger partial charge in [0.25, 0.3) is 0 Å². The summed E-state index contributed by atoms with van der Waals surface area (Å²) in [5.41, 5.74) is -1.67. The molecule has 15 nitrogen and oxygen atoms in total. The highest BCUT2D eigenvalue weighted by molar-refractivity contribution is 5.34. The lowest BCUT2D eigenvalue weighted by Crippen LogP contribution is -2.64. The molecule has 0 aromatic heterocycles. The number of hydrogen-bond acceptors (Lipinski definition) is 15. The Morgan fingerprint density at radius 1 is 0.722 bits per heavy atom. The summed E-state index contributed by atoms with van der Waals surface area (Å²) in [6.07, 6.45) is -15.6. The van der Waals surface area contributed by atoms with Gasteiger partial charge in [-0.1, -0.05) is 6.08 Å². The minimum absolute atomic E-state index is 0.158. The van der Waals surface area contributed by atoms with Gasteiger partial charge in [-0.2, -0.15) is 0 Å². The lowest BCUT2D eigenvalue weighted by molar-refractivity contribution is -0.362. The second-order valence-electron chi connectivity index (χ2n) is 9.13. The molecule has 3 aliphatic heterocycles. The summed E-state index contributed by atoms with van der Waals surface area (Å²) in [6, 6.07) is 0. The Hall–Kier alpha value is -1.28. The third-order valence-corrected chi connectivity index (χ3v) is 7.00. The molecule has 2 fully saturated rings. The molecule has 0 unspecified atom stereocenters. The van der Waals surface area contributed by atoms with Crippen LogP contribution < -0.4 is 0 Å². The van der Waals surface area contributed by atoms with Crippen LogP contribution in [0.5, 0.6) is 0 Å². The number of ether oxygens (including phenoxy) is 5. The van der Waals surface area contributed by atoms with Gasteiger partial charge in [-0.05, 0) is 11.6 Å². The fourth-order valence-electron chi connectivity index (χ4n) is 4.92. The molecule has 3 heterocycles. The summed E-state index contributed by atoms with van der Waals surface area (Å²) in [7, 11) is 0. The van der Waals surface area contributed by atoms with Crippen LogP contribution in [0.3, 0.4) is 0 Å². The summed E-state index contributed by atoms with van der Waals surface area (Å²) in [6.45, 7) is -2.02. The van der Waals surface area contributed by atoms with Gasteiger partial charge in [0, 0.05) is 0 Å². The largest absolute Gasteiger partial charge is 0.472 e. The molecule has 206 valence electrons. The fourth-order valence-corrected chi connectivity index (χ4v) is 4.92. The van der Waals surface area contributed by atoms with Gasteiger partial charge in [-0.25, -0.2) is 0 Å². The minimum Gasteiger partial charge on any atom is -0.472 e. The van der Waals surface area contributed by atoms with Crippen molar-refractivity contribution in [1.29, 1.82) is 0 Å². The van der Waals surface area contributed by atoms with E-state index in [4.69, 9.17) is 23.7 Å². The van der Waals surface area contributed by atoms with Gasteiger partial charge in [0.15, 0.2) is 12.6 Å². The Morgan fingerprint density at radius 2 is 1.28 bits per heavy atom. The highest BCUT2D eigenvalue weighted by Gasteiger charge is 2.60. The van der Waals surface area contributed by atoms with E-state index in [0.29, 0.717) is 0 Å². The molecule has 36 heavy (non-hydrogen) atoms. The molecule has 14 atom stereocenters. The summed E-state index contributed by atoms with van der Waals surface area (Å²) in [5.74, 6) is -1.16. The van der Waals surface area contributed by atoms with E-state index in [1.807, 2.05) is 0 Å². The highest BCUT2D eigenvalue weighted by atomic mass is 16.8.